The fourth-order valence-electron chi connectivity index (χ4n) is 3.08. The summed E-state index contributed by atoms with van der Waals surface area (Å²) < 4.78 is 2.00. The second kappa shape index (κ2) is 9.52. The minimum absolute atomic E-state index is 0.00846. The summed E-state index contributed by atoms with van der Waals surface area (Å²) in [6, 6.07) is 16.3. The van der Waals surface area contributed by atoms with E-state index < -0.39 is 4.92 Å². The van der Waals surface area contributed by atoms with Gasteiger partial charge < -0.3 is 4.57 Å². The van der Waals surface area contributed by atoms with Gasteiger partial charge in [-0.05, 0) is 55.9 Å². The van der Waals surface area contributed by atoms with Crippen molar-refractivity contribution < 1.29 is 4.92 Å². The van der Waals surface area contributed by atoms with Crippen molar-refractivity contribution in [3.63, 3.8) is 0 Å². The fraction of sp³-hybridized carbons (Fsp3) is 0.130. The lowest BCUT2D eigenvalue weighted by atomic mass is 10.2. The van der Waals surface area contributed by atoms with Gasteiger partial charge in [-0.15, -0.1) is 10.2 Å². The molecule has 2 aromatic carbocycles. The monoisotopic (exact) mass is 444 g/mol. The summed E-state index contributed by atoms with van der Waals surface area (Å²) in [6.07, 6.45) is 5.08. The highest BCUT2D eigenvalue weighted by Gasteiger charge is 2.17. The predicted molar refractivity (Wildman–Crippen MR) is 125 cm³/mol. The Balaban J connectivity index is 1.70. The van der Waals surface area contributed by atoms with Gasteiger partial charge in [-0.25, -0.2) is 0 Å². The Morgan fingerprint density at radius 2 is 1.84 bits per heavy atom. The van der Waals surface area contributed by atoms with Gasteiger partial charge in [-0.1, -0.05) is 17.7 Å². The van der Waals surface area contributed by atoms with E-state index in [9.17, 15) is 10.1 Å². The zero-order valence-electron chi connectivity index (χ0n) is 17.5. The molecule has 9 heteroatoms. The van der Waals surface area contributed by atoms with Crippen molar-refractivity contribution >= 4 is 29.4 Å². The molecule has 0 saturated heterocycles. The maximum Gasteiger partial charge on any atom is 0.270 e. The molecule has 0 radical (unpaired) electrons. The molecule has 4 rings (SSSR count). The van der Waals surface area contributed by atoms with Crippen LogP contribution in [0.1, 0.15) is 18.1 Å². The van der Waals surface area contributed by atoms with Crippen LogP contribution in [0.15, 0.2) is 82.0 Å². The van der Waals surface area contributed by atoms with E-state index in [1.54, 1.807) is 24.7 Å². The predicted octanol–water partition coefficient (Wildman–Crippen LogP) is 5.48. The molecule has 0 fully saturated rings. The molecule has 8 nitrogen and oxygen atoms in total. The van der Waals surface area contributed by atoms with Gasteiger partial charge in [0.1, 0.15) is 0 Å². The number of hydrogen-bond donors (Lipinski definition) is 0. The van der Waals surface area contributed by atoms with Crippen molar-refractivity contribution in [2.75, 3.05) is 0 Å². The van der Waals surface area contributed by atoms with Crippen LogP contribution in [0, 0.1) is 17.0 Å². The average molecular weight is 445 g/mol. The van der Waals surface area contributed by atoms with E-state index in [1.165, 1.54) is 23.9 Å². The van der Waals surface area contributed by atoms with Crippen LogP contribution in [0.5, 0.6) is 0 Å². The number of nitro benzene ring substituents is 1. The Kier molecular flexibility index (Phi) is 6.37. The van der Waals surface area contributed by atoms with Crippen LogP contribution < -0.4 is 0 Å². The lowest BCUT2D eigenvalue weighted by Gasteiger charge is -2.09. The number of aliphatic imine (C=N–C) groups is 1. The minimum Gasteiger partial charge on any atom is -0.302 e. The molecule has 0 unspecified atom stereocenters. The van der Waals surface area contributed by atoms with Crippen LogP contribution in [0.25, 0.3) is 11.4 Å². The van der Waals surface area contributed by atoms with Gasteiger partial charge in [0.25, 0.3) is 5.69 Å². The summed E-state index contributed by atoms with van der Waals surface area (Å²) in [5.41, 5.74) is 3.48. The first-order chi connectivity index (χ1) is 15.5. The Morgan fingerprint density at radius 1 is 1.09 bits per heavy atom. The van der Waals surface area contributed by atoms with E-state index in [4.69, 9.17) is 0 Å². The summed E-state index contributed by atoms with van der Waals surface area (Å²) >= 11 is 1.40. The summed E-state index contributed by atoms with van der Waals surface area (Å²) in [7, 11) is 0. The van der Waals surface area contributed by atoms with Crippen molar-refractivity contribution in [3.05, 3.63) is 88.2 Å². The van der Waals surface area contributed by atoms with Gasteiger partial charge >= 0.3 is 0 Å². The van der Waals surface area contributed by atoms with Crippen LogP contribution in [0.4, 0.5) is 11.4 Å². The second-order valence-corrected chi connectivity index (χ2v) is 7.97. The van der Waals surface area contributed by atoms with Gasteiger partial charge in [0.2, 0.25) is 0 Å². The quantitative estimate of drug-likeness (QED) is 0.213. The highest BCUT2D eigenvalue weighted by atomic mass is 32.2. The van der Waals surface area contributed by atoms with Crippen LogP contribution >= 0.6 is 11.8 Å². The topological polar surface area (TPSA) is 99.1 Å². The molecule has 4 aromatic rings. The summed E-state index contributed by atoms with van der Waals surface area (Å²) in [5.74, 6) is 0.745. The van der Waals surface area contributed by atoms with Crippen molar-refractivity contribution in [1.29, 1.82) is 0 Å². The fourth-order valence-corrected chi connectivity index (χ4v) is 4.05. The van der Waals surface area contributed by atoms with Crippen molar-refractivity contribution in [2.24, 2.45) is 4.99 Å². The zero-order valence-corrected chi connectivity index (χ0v) is 18.4. The Labute approximate surface area is 189 Å². The highest BCUT2D eigenvalue weighted by Crippen LogP contribution is 2.33. The van der Waals surface area contributed by atoms with Crippen LogP contribution in [-0.4, -0.2) is 30.9 Å². The number of aromatic nitrogens is 4. The van der Waals surface area contributed by atoms with Gasteiger partial charge in [0.15, 0.2) is 11.0 Å². The largest absolute Gasteiger partial charge is 0.302 e. The van der Waals surface area contributed by atoms with E-state index in [2.05, 4.69) is 20.2 Å². The molecular formula is C23H20N6O2S. The third-order valence-electron chi connectivity index (χ3n) is 4.76. The van der Waals surface area contributed by atoms with E-state index in [-0.39, 0.29) is 5.69 Å². The molecule has 0 aliphatic heterocycles. The standard InChI is InChI=1S/C23H20N6O2S/c1-3-28-22(17-10-12-24-13-11-17)26-27-23(28)32-21-9-8-20(29(30)31)14-18(21)15-25-19-6-4-16(2)5-7-19/h4-15H,3H2,1-2H3. The minimum atomic E-state index is -0.409. The Morgan fingerprint density at radius 3 is 2.53 bits per heavy atom. The number of hydrogen-bond acceptors (Lipinski definition) is 7. The molecule has 0 N–H and O–H groups in total. The number of non-ortho nitro benzene ring substituents is 1. The molecular weight excluding hydrogens is 424 g/mol. The molecule has 0 aliphatic rings. The van der Waals surface area contributed by atoms with Gasteiger partial charge in [0.05, 0.1) is 10.6 Å². The molecule has 160 valence electrons. The molecule has 2 aromatic heterocycles. The smallest absolute Gasteiger partial charge is 0.270 e. The molecule has 2 heterocycles. The number of nitro groups is 1. The maximum atomic E-state index is 11.3. The lowest BCUT2D eigenvalue weighted by Crippen LogP contribution is -2.00. The van der Waals surface area contributed by atoms with Crippen LogP contribution in [0.3, 0.4) is 0 Å². The maximum absolute atomic E-state index is 11.3. The normalized spacial score (nSPS) is 11.2. The van der Waals surface area contributed by atoms with Crippen molar-refractivity contribution in [2.45, 2.75) is 30.4 Å². The molecule has 0 atom stereocenters. The molecule has 32 heavy (non-hydrogen) atoms. The molecule has 0 spiro atoms. The molecule has 0 amide bonds. The van der Waals surface area contributed by atoms with E-state index in [0.29, 0.717) is 17.3 Å². The molecule has 0 saturated carbocycles. The summed E-state index contributed by atoms with van der Waals surface area (Å²) in [6.45, 7) is 4.70. The van der Waals surface area contributed by atoms with Gasteiger partial charge in [-0.2, -0.15) is 0 Å². The van der Waals surface area contributed by atoms with Crippen LogP contribution in [-0.2, 0) is 6.54 Å². The first-order valence-corrected chi connectivity index (χ1v) is 10.8. The summed E-state index contributed by atoms with van der Waals surface area (Å²) in [4.78, 5) is 20.3. The van der Waals surface area contributed by atoms with Gasteiger partial charge in [0, 0.05) is 53.3 Å². The number of aryl methyl sites for hydroxylation is 1. The van der Waals surface area contributed by atoms with E-state index in [1.807, 2.05) is 54.8 Å². The molecule has 0 aliphatic carbocycles. The SMILES string of the molecule is CCn1c(Sc2ccc([N+](=O)[O-])cc2C=Nc2ccc(C)cc2)nnc1-c1ccncc1. The van der Waals surface area contributed by atoms with Crippen molar-refractivity contribution in [3.8, 4) is 11.4 Å². The van der Waals surface area contributed by atoms with Crippen LogP contribution in [0.2, 0.25) is 0 Å². The number of rotatable bonds is 7. The zero-order chi connectivity index (χ0) is 22.5. The first-order valence-electron chi connectivity index (χ1n) is 9.96. The van der Waals surface area contributed by atoms with Crippen molar-refractivity contribution in [1.82, 2.24) is 19.7 Å². The summed E-state index contributed by atoms with van der Waals surface area (Å²) in [5, 5.41) is 20.7. The second-order valence-electron chi connectivity index (χ2n) is 6.96. The third kappa shape index (κ3) is 4.73. The number of pyridine rings is 1. The average Bonchev–Trinajstić information content (AvgIpc) is 3.22. The third-order valence-corrected chi connectivity index (χ3v) is 5.84. The Bertz CT molecular complexity index is 1270. The Hall–Kier alpha value is -3.85. The first kappa shape index (κ1) is 21.4. The lowest BCUT2D eigenvalue weighted by molar-refractivity contribution is -0.384. The highest BCUT2D eigenvalue weighted by molar-refractivity contribution is 7.99. The number of nitrogens with zero attached hydrogens (tertiary/aromatic N) is 6. The van der Waals surface area contributed by atoms with Gasteiger partial charge in [-0.3, -0.25) is 20.1 Å². The number of benzene rings is 2. The van der Waals surface area contributed by atoms with E-state index >= 15 is 0 Å². The molecule has 0 bridgehead atoms. The van der Waals surface area contributed by atoms with E-state index in [0.717, 1.165) is 27.5 Å².